The van der Waals surface area contributed by atoms with Crippen molar-refractivity contribution in [3.8, 4) is 0 Å². The van der Waals surface area contributed by atoms with Crippen LogP contribution in [0.4, 0.5) is 11.8 Å². The zero-order valence-electron chi connectivity index (χ0n) is 14.5. The topological polar surface area (TPSA) is 44.3 Å². The number of nitrogens with one attached hydrogen (secondary N) is 1. The summed E-state index contributed by atoms with van der Waals surface area (Å²) in [7, 11) is 1.91. The molecule has 0 unspecified atom stereocenters. The monoisotopic (exact) mass is 333 g/mol. The van der Waals surface area contributed by atoms with Crippen molar-refractivity contribution in [1.82, 2.24) is 14.9 Å². The van der Waals surface area contributed by atoms with Gasteiger partial charge in [0.2, 0.25) is 5.95 Å². The number of rotatable bonds is 4. The highest BCUT2D eigenvalue weighted by Crippen LogP contribution is 2.23. The molecule has 1 aliphatic heterocycles. The van der Waals surface area contributed by atoms with Crippen LogP contribution < -0.4 is 10.2 Å². The molecule has 0 radical (unpaired) electrons. The van der Waals surface area contributed by atoms with Gasteiger partial charge in [-0.15, -0.1) is 0 Å². The van der Waals surface area contributed by atoms with E-state index in [0.29, 0.717) is 0 Å². The van der Waals surface area contributed by atoms with Gasteiger partial charge < -0.3 is 10.2 Å². The van der Waals surface area contributed by atoms with Gasteiger partial charge in [-0.25, -0.2) is 4.98 Å². The fraction of sp³-hybridized carbons (Fsp3) is 0.300. The molecule has 0 aliphatic carbocycles. The summed E-state index contributed by atoms with van der Waals surface area (Å²) in [5, 5.41) is 4.27. The van der Waals surface area contributed by atoms with Crippen molar-refractivity contribution in [2.45, 2.75) is 6.54 Å². The summed E-state index contributed by atoms with van der Waals surface area (Å²) < 4.78 is 0. The van der Waals surface area contributed by atoms with Crippen molar-refractivity contribution < 1.29 is 0 Å². The Morgan fingerprint density at radius 1 is 0.880 bits per heavy atom. The Hall–Kier alpha value is -2.66. The maximum absolute atomic E-state index is 4.77. The van der Waals surface area contributed by atoms with Crippen LogP contribution in [0.3, 0.4) is 0 Å². The standard InChI is InChI=1S/C20H23N5/c1-21-19-17-9-5-6-10-18(17)22-20(23-19)25-13-11-24(12-14-25)15-16-7-3-2-4-8-16/h2-10H,11-15H2,1H3,(H,21,22,23). The van der Waals surface area contributed by atoms with E-state index in [1.54, 1.807) is 0 Å². The molecule has 1 aromatic heterocycles. The molecule has 1 fully saturated rings. The highest BCUT2D eigenvalue weighted by atomic mass is 15.3. The largest absolute Gasteiger partial charge is 0.372 e. The van der Waals surface area contributed by atoms with E-state index in [-0.39, 0.29) is 0 Å². The number of para-hydroxylation sites is 1. The maximum atomic E-state index is 4.77. The Balaban J connectivity index is 1.48. The predicted octanol–water partition coefficient (Wildman–Crippen LogP) is 2.99. The van der Waals surface area contributed by atoms with E-state index in [4.69, 9.17) is 9.97 Å². The van der Waals surface area contributed by atoms with Crippen molar-refractivity contribution >= 4 is 22.7 Å². The molecule has 2 heterocycles. The molecule has 5 nitrogen and oxygen atoms in total. The van der Waals surface area contributed by atoms with Gasteiger partial charge in [-0.05, 0) is 17.7 Å². The van der Waals surface area contributed by atoms with Gasteiger partial charge in [0.25, 0.3) is 0 Å². The lowest BCUT2D eigenvalue weighted by molar-refractivity contribution is 0.249. The molecular formula is C20H23N5. The molecule has 128 valence electrons. The first-order chi connectivity index (χ1) is 12.3. The smallest absolute Gasteiger partial charge is 0.227 e. The number of hydrogen-bond donors (Lipinski definition) is 1. The van der Waals surface area contributed by atoms with Gasteiger partial charge in [-0.2, -0.15) is 4.98 Å². The van der Waals surface area contributed by atoms with E-state index in [1.165, 1.54) is 5.56 Å². The van der Waals surface area contributed by atoms with Crippen LogP contribution in [0.2, 0.25) is 0 Å². The number of hydrogen-bond acceptors (Lipinski definition) is 5. The SMILES string of the molecule is CNc1nc(N2CCN(Cc3ccccc3)CC2)nc2ccccc12. The highest BCUT2D eigenvalue weighted by Gasteiger charge is 2.20. The molecule has 1 aliphatic rings. The molecule has 1 saturated heterocycles. The predicted molar refractivity (Wildman–Crippen MR) is 103 cm³/mol. The minimum atomic E-state index is 0.822. The zero-order chi connectivity index (χ0) is 17.1. The van der Waals surface area contributed by atoms with Crippen LogP contribution in [0, 0.1) is 0 Å². The Morgan fingerprint density at radius 2 is 1.60 bits per heavy atom. The van der Waals surface area contributed by atoms with E-state index >= 15 is 0 Å². The second kappa shape index (κ2) is 7.07. The van der Waals surface area contributed by atoms with Gasteiger partial charge in [0.1, 0.15) is 5.82 Å². The maximum Gasteiger partial charge on any atom is 0.227 e. The average molecular weight is 333 g/mol. The van der Waals surface area contributed by atoms with Crippen LogP contribution >= 0.6 is 0 Å². The first-order valence-electron chi connectivity index (χ1n) is 8.79. The van der Waals surface area contributed by atoms with E-state index in [1.807, 2.05) is 25.2 Å². The average Bonchev–Trinajstić information content (AvgIpc) is 2.68. The summed E-state index contributed by atoms with van der Waals surface area (Å²) in [5.41, 5.74) is 2.36. The molecule has 4 rings (SSSR count). The second-order valence-electron chi connectivity index (χ2n) is 6.39. The molecule has 0 saturated carbocycles. The Kier molecular flexibility index (Phi) is 4.48. The fourth-order valence-corrected chi connectivity index (χ4v) is 3.34. The molecule has 5 heteroatoms. The Bertz CT molecular complexity index is 841. The molecule has 2 aromatic carbocycles. The Labute approximate surface area is 148 Å². The van der Waals surface area contributed by atoms with Crippen molar-refractivity contribution in [1.29, 1.82) is 0 Å². The molecule has 25 heavy (non-hydrogen) atoms. The third kappa shape index (κ3) is 3.42. The van der Waals surface area contributed by atoms with Crippen molar-refractivity contribution in [2.75, 3.05) is 43.4 Å². The number of fused-ring (bicyclic) bond motifs is 1. The zero-order valence-corrected chi connectivity index (χ0v) is 14.5. The van der Waals surface area contributed by atoms with Crippen molar-refractivity contribution in [3.63, 3.8) is 0 Å². The Morgan fingerprint density at radius 3 is 2.36 bits per heavy atom. The molecular weight excluding hydrogens is 310 g/mol. The van der Waals surface area contributed by atoms with Gasteiger partial charge >= 0.3 is 0 Å². The van der Waals surface area contributed by atoms with Crippen LogP contribution in [0.15, 0.2) is 54.6 Å². The summed E-state index contributed by atoms with van der Waals surface area (Å²) in [4.78, 5) is 14.3. The minimum Gasteiger partial charge on any atom is -0.372 e. The summed E-state index contributed by atoms with van der Waals surface area (Å²) >= 11 is 0. The van der Waals surface area contributed by atoms with Crippen LogP contribution in [0.1, 0.15) is 5.56 Å². The van der Waals surface area contributed by atoms with Gasteiger partial charge in [0, 0.05) is 45.2 Å². The van der Waals surface area contributed by atoms with E-state index < -0.39 is 0 Å². The van der Waals surface area contributed by atoms with Gasteiger partial charge in [0.05, 0.1) is 5.52 Å². The lowest BCUT2D eigenvalue weighted by Gasteiger charge is -2.35. The number of anilines is 2. The molecule has 0 amide bonds. The fourth-order valence-electron chi connectivity index (χ4n) is 3.34. The number of benzene rings is 2. The summed E-state index contributed by atoms with van der Waals surface area (Å²) in [5.74, 6) is 1.72. The van der Waals surface area contributed by atoms with E-state index in [9.17, 15) is 0 Å². The second-order valence-corrected chi connectivity index (χ2v) is 6.39. The minimum absolute atomic E-state index is 0.822. The molecule has 0 bridgehead atoms. The summed E-state index contributed by atoms with van der Waals surface area (Å²) in [6.45, 7) is 4.97. The quantitative estimate of drug-likeness (QED) is 0.795. The van der Waals surface area contributed by atoms with E-state index in [0.717, 1.165) is 55.4 Å². The lowest BCUT2D eigenvalue weighted by Crippen LogP contribution is -2.46. The number of aromatic nitrogens is 2. The van der Waals surface area contributed by atoms with Crippen LogP contribution in [-0.4, -0.2) is 48.1 Å². The van der Waals surface area contributed by atoms with Gasteiger partial charge in [0.15, 0.2) is 0 Å². The first kappa shape index (κ1) is 15.8. The first-order valence-corrected chi connectivity index (χ1v) is 8.79. The lowest BCUT2D eigenvalue weighted by atomic mass is 10.2. The van der Waals surface area contributed by atoms with Crippen molar-refractivity contribution in [2.24, 2.45) is 0 Å². The van der Waals surface area contributed by atoms with E-state index in [2.05, 4.69) is 51.5 Å². The summed E-state index contributed by atoms with van der Waals surface area (Å²) in [6, 6.07) is 18.8. The molecule has 3 aromatic rings. The van der Waals surface area contributed by atoms with Gasteiger partial charge in [-0.1, -0.05) is 42.5 Å². The van der Waals surface area contributed by atoms with Crippen LogP contribution in [0.25, 0.3) is 10.9 Å². The normalized spacial score (nSPS) is 15.5. The summed E-state index contributed by atoms with van der Waals surface area (Å²) in [6.07, 6.45) is 0. The number of piperazine rings is 1. The third-order valence-corrected chi connectivity index (χ3v) is 4.73. The molecule has 1 N–H and O–H groups in total. The third-order valence-electron chi connectivity index (χ3n) is 4.73. The number of nitrogens with zero attached hydrogens (tertiary/aromatic N) is 4. The molecule has 0 atom stereocenters. The van der Waals surface area contributed by atoms with Gasteiger partial charge in [-0.3, -0.25) is 4.90 Å². The van der Waals surface area contributed by atoms with Crippen molar-refractivity contribution in [3.05, 3.63) is 60.2 Å². The highest BCUT2D eigenvalue weighted by molar-refractivity contribution is 5.89. The molecule has 0 spiro atoms. The van der Waals surface area contributed by atoms with Crippen LogP contribution in [-0.2, 0) is 6.54 Å². The van der Waals surface area contributed by atoms with Crippen LogP contribution in [0.5, 0.6) is 0 Å².